The Hall–Kier alpha value is -3.75. The highest BCUT2D eigenvalue weighted by atomic mass is 16.5. The summed E-state index contributed by atoms with van der Waals surface area (Å²) in [5, 5.41) is 6.33. The van der Waals surface area contributed by atoms with Crippen LogP contribution in [-0.2, 0) is 16.0 Å². The number of rotatable bonds is 9. The smallest absolute Gasteiger partial charge is 0.329 e. The van der Waals surface area contributed by atoms with Gasteiger partial charge in [-0.1, -0.05) is 6.07 Å². The van der Waals surface area contributed by atoms with Gasteiger partial charge in [-0.15, -0.1) is 0 Å². The number of hydrogen-bond acceptors (Lipinski definition) is 7. The summed E-state index contributed by atoms with van der Waals surface area (Å²) in [4.78, 5) is 23.8. The van der Waals surface area contributed by atoms with Gasteiger partial charge < -0.3 is 24.3 Å². The van der Waals surface area contributed by atoms with E-state index in [9.17, 15) is 9.59 Å². The van der Waals surface area contributed by atoms with E-state index in [4.69, 9.17) is 18.9 Å². The number of benzene rings is 2. The summed E-state index contributed by atoms with van der Waals surface area (Å²) < 4.78 is 20.8. The Labute approximate surface area is 175 Å². The summed E-state index contributed by atoms with van der Waals surface area (Å²) in [5.74, 6) is 0.688. The summed E-state index contributed by atoms with van der Waals surface area (Å²) in [7, 11) is 6.17. The minimum Gasteiger partial charge on any atom is -0.493 e. The average Bonchev–Trinajstić information content (AvgIpc) is 2.78. The van der Waals surface area contributed by atoms with E-state index in [0.717, 1.165) is 5.56 Å². The van der Waals surface area contributed by atoms with Crippen LogP contribution in [0.25, 0.3) is 0 Å². The molecule has 0 unspecified atom stereocenters. The van der Waals surface area contributed by atoms with E-state index in [1.165, 1.54) is 20.4 Å². The van der Waals surface area contributed by atoms with E-state index in [0.29, 0.717) is 35.0 Å². The minimum absolute atomic E-state index is 0.279. The van der Waals surface area contributed by atoms with Crippen LogP contribution in [-0.4, -0.2) is 53.0 Å². The molecular formula is C21H25N3O6. The number of hydrogen-bond donors (Lipinski definition) is 2. The van der Waals surface area contributed by atoms with Crippen molar-refractivity contribution < 1.29 is 28.5 Å². The second-order valence-corrected chi connectivity index (χ2v) is 6.01. The van der Waals surface area contributed by atoms with Gasteiger partial charge in [-0.2, -0.15) is 5.10 Å². The highest BCUT2D eigenvalue weighted by Gasteiger charge is 2.12. The molecule has 0 saturated carbocycles. The molecule has 0 bridgehead atoms. The van der Waals surface area contributed by atoms with Gasteiger partial charge in [-0.25, -0.2) is 5.43 Å². The summed E-state index contributed by atoms with van der Waals surface area (Å²) in [6, 6.07) is 10.6. The quantitative estimate of drug-likeness (QED) is 0.365. The summed E-state index contributed by atoms with van der Waals surface area (Å²) in [6.45, 7) is 0.279. The van der Waals surface area contributed by atoms with Crippen molar-refractivity contribution in [1.82, 2.24) is 10.7 Å². The summed E-state index contributed by atoms with van der Waals surface area (Å²) >= 11 is 0. The van der Waals surface area contributed by atoms with Crippen molar-refractivity contribution in [2.45, 2.75) is 6.42 Å². The first-order valence-electron chi connectivity index (χ1n) is 9.06. The molecule has 2 rings (SSSR count). The number of hydrazone groups is 1. The zero-order chi connectivity index (χ0) is 21.9. The molecule has 160 valence electrons. The van der Waals surface area contributed by atoms with Crippen LogP contribution in [0.15, 0.2) is 41.5 Å². The van der Waals surface area contributed by atoms with E-state index in [2.05, 4.69) is 15.8 Å². The fourth-order valence-electron chi connectivity index (χ4n) is 2.59. The van der Waals surface area contributed by atoms with E-state index >= 15 is 0 Å². The van der Waals surface area contributed by atoms with Gasteiger partial charge in [0, 0.05) is 6.54 Å². The molecule has 0 aromatic heterocycles. The molecule has 0 fully saturated rings. The van der Waals surface area contributed by atoms with Crippen LogP contribution in [0.2, 0.25) is 0 Å². The van der Waals surface area contributed by atoms with Crippen molar-refractivity contribution in [3.8, 4) is 23.0 Å². The zero-order valence-corrected chi connectivity index (χ0v) is 17.4. The number of methoxy groups -OCH3 is 4. The Morgan fingerprint density at radius 2 is 1.43 bits per heavy atom. The summed E-state index contributed by atoms with van der Waals surface area (Å²) in [6.07, 6.45) is 1.92. The van der Waals surface area contributed by atoms with Crippen molar-refractivity contribution in [1.29, 1.82) is 0 Å². The van der Waals surface area contributed by atoms with Gasteiger partial charge in [-0.3, -0.25) is 9.59 Å². The Balaban J connectivity index is 1.82. The lowest BCUT2D eigenvalue weighted by Crippen LogP contribution is -2.38. The maximum absolute atomic E-state index is 11.9. The summed E-state index contributed by atoms with van der Waals surface area (Å²) in [5.41, 5.74) is 3.79. The van der Waals surface area contributed by atoms with Crippen molar-refractivity contribution in [2.24, 2.45) is 5.10 Å². The zero-order valence-electron chi connectivity index (χ0n) is 17.4. The SMILES string of the molecule is COc1ccc(/C=N\NC(=O)C(=O)NCCc2ccc(OC)c(OC)c2)cc1OC. The van der Waals surface area contributed by atoms with Crippen LogP contribution in [0.4, 0.5) is 0 Å². The molecule has 0 aliphatic heterocycles. The average molecular weight is 415 g/mol. The molecule has 0 aliphatic rings. The first-order valence-corrected chi connectivity index (χ1v) is 9.06. The van der Waals surface area contributed by atoms with Crippen LogP contribution in [0.5, 0.6) is 23.0 Å². The van der Waals surface area contributed by atoms with Crippen LogP contribution < -0.4 is 29.7 Å². The lowest BCUT2D eigenvalue weighted by atomic mass is 10.1. The fraction of sp³-hybridized carbons (Fsp3) is 0.286. The second-order valence-electron chi connectivity index (χ2n) is 6.01. The van der Waals surface area contributed by atoms with E-state index < -0.39 is 11.8 Å². The van der Waals surface area contributed by atoms with E-state index in [1.807, 2.05) is 12.1 Å². The fourth-order valence-corrected chi connectivity index (χ4v) is 2.59. The van der Waals surface area contributed by atoms with Gasteiger partial charge >= 0.3 is 11.8 Å². The molecule has 2 aromatic rings. The highest BCUT2D eigenvalue weighted by molar-refractivity contribution is 6.35. The molecule has 0 heterocycles. The Morgan fingerprint density at radius 3 is 2.07 bits per heavy atom. The number of nitrogens with one attached hydrogen (secondary N) is 2. The standard InChI is InChI=1S/C21H25N3O6/c1-27-16-7-5-14(11-18(16)29-3)9-10-22-20(25)21(26)24-23-13-15-6-8-17(28-2)19(12-15)30-4/h5-8,11-13H,9-10H2,1-4H3,(H,22,25)(H,24,26)/b23-13-. The normalized spacial score (nSPS) is 10.4. The monoisotopic (exact) mass is 415 g/mol. The molecule has 30 heavy (non-hydrogen) atoms. The van der Waals surface area contributed by atoms with Gasteiger partial charge in [0.15, 0.2) is 23.0 Å². The predicted octanol–water partition coefficient (Wildman–Crippen LogP) is 1.53. The molecule has 0 radical (unpaired) electrons. The number of carbonyl (C=O) groups is 2. The van der Waals surface area contributed by atoms with Gasteiger partial charge in [0.2, 0.25) is 0 Å². The van der Waals surface area contributed by atoms with Crippen molar-refractivity contribution in [2.75, 3.05) is 35.0 Å². The first kappa shape index (κ1) is 22.5. The molecule has 0 spiro atoms. The third kappa shape index (κ3) is 6.13. The highest BCUT2D eigenvalue weighted by Crippen LogP contribution is 2.28. The van der Waals surface area contributed by atoms with E-state index in [1.54, 1.807) is 38.5 Å². The molecule has 2 aromatic carbocycles. The van der Waals surface area contributed by atoms with Crippen LogP contribution in [0, 0.1) is 0 Å². The molecular weight excluding hydrogens is 390 g/mol. The predicted molar refractivity (Wildman–Crippen MR) is 112 cm³/mol. The molecule has 2 amide bonds. The number of ether oxygens (including phenoxy) is 4. The number of carbonyl (C=O) groups excluding carboxylic acids is 2. The van der Waals surface area contributed by atoms with E-state index in [-0.39, 0.29) is 6.54 Å². The molecule has 9 heteroatoms. The van der Waals surface area contributed by atoms with Gasteiger partial charge in [0.25, 0.3) is 0 Å². The van der Waals surface area contributed by atoms with Gasteiger partial charge in [0.1, 0.15) is 0 Å². The second kappa shape index (κ2) is 11.3. The van der Waals surface area contributed by atoms with Crippen LogP contribution in [0.1, 0.15) is 11.1 Å². The maximum Gasteiger partial charge on any atom is 0.329 e. The van der Waals surface area contributed by atoms with Crippen molar-refractivity contribution in [3.63, 3.8) is 0 Å². The van der Waals surface area contributed by atoms with Crippen molar-refractivity contribution >= 4 is 18.0 Å². The molecule has 0 atom stereocenters. The molecule has 0 saturated heterocycles. The van der Waals surface area contributed by atoms with Gasteiger partial charge in [0.05, 0.1) is 34.7 Å². The lowest BCUT2D eigenvalue weighted by molar-refractivity contribution is -0.139. The third-order valence-electron chi connectivity index (χ3n) is 4.14. The minimum atomic E-state index is -0.862. The first-order chi connectivity index (χ1) is 14.5. The van der Waals surface area contributed by atoms with Crippen molar-refractivity contribution in [3.05, 3.63) is 47.5 Å². The number of amides is 2. The molecule has 9 nitrogen and oxygen atoms in total. The Morgan fingerprint density at radius 1 is 0.833 bits per heavy atom. The molecule has 0 aliphatic carbocycles. The van der Waals surface area contributed by atoms with Crippen LogP contribution >= 0.6 is 0 Å². The van der Waals surface area contributed by atoms with Crippen LogP contribution in [0.3, 0.4) is 0 Å². The largest absolute Gasteiger partial charge is 0.493 e. The van der Waals surface area contributed by atoms with Gasteiger partial charge in [-0.05, 0) is 47.9 Å². The Kier molecular flexibility index (Phi) is 8.49. The maximum atomic E-state index is 11.9. The number of nitrogens with zero attached hydrogens (tertiary/aromatic N) is 1. The molecule has 2 N–H and O–H groups in total. The third-order valence-corrected chi connectivity index (χ3v) is 4.14. The Bertz CT molecular complexity index is 914. The lowest BCUT2D eigenvalue weighted by Gasteiger charge is -2.10. The topological polar surface area (TPSA) is 107 Å².